The first kappa shape index (κ1) is 28.0. The summed E-state index contributed by atoms with van der Waals surface area (Å²) >= 11 is 6.38. The molecule has 2 aromatic carbocycles. The molecule has 2 aliphatic heterocycles. The highest BCUT2D eigenvalue weighted by Crippen LogP contribution is 2.39. The Labute approximate surface area is 253 Å². The zero-order valence-corrected chi connectivity index (χ0v) is 24.6. The molecular weight excluding hydrogens is 573 g/mol. The number of aromatic nitrogens is 4. The first-order valence-corrected chi connectivity index (χ1v) is 15.2. The molecule has 1 amide bonds. The molecule has 4 aromatic rings. The summed E-state index contributed by atoms with van der Waals surface area (Å²) in [6.45, 7) is 4.68. The highest BCUT2D eigenvalue weighted by molar-refractivity contribution is 6.30. The van der Waals surface area contributed by atoms with Crippen molar-refractivity contribution in [2.75, 3.05) is 24.7 Å². The van der Waals surface area contributed by atoms with Gasteiger partial charge in [0.25, 0.3) is 0 Å². The van der Waals surface area contributed by atoms with Crippen LogP contribution in [0, 0.1) is 17.7 Å². The maximum absolute atomic E-state index is 15.5. The Bertz CT molecular complexity index is 1640. The molecule has 0 radical (unpaired) electrons. The normalized spacial score (nSPS) is 24.3. The molecular formula is C31H33ClFN7O3. The number of rotatable bonds is 6. The Morgan fingerprint density at radius 3 is 2.65 bits per heavy atom. The molecule has 1 aliphatic carbocycles. The van der Waals surface area contributed by atoms with Crippen molar-refractivity contribution in [3.8, 4) is 11.3 Å². The molecule has 3 aliphatic rings. The number of carbonyl (C=O) groups is 1. The van der Waals surface area contributed by atoms with E-state index < -0.39 is 18.1 Å². The molecule has 2 aromatic heterocycles. The van der Waals surface area contributed by atoms with Gasteiger partial charge in [0, 0.05) is 23.7 Å². The first-order valence-electron chi connectivity index (χ1n) is 14.8. The van der Waals surface area contributed by atoms with Crippen molar-refractivity contribution in [1.82, 2.24) is 30.3 Å². The molecule has 2 saturated heterocycles. The smallest absolute Gasteiger partial charge is 0.377 e. The van der Waals surface area contributed by atoms with E-state index in [0.717, 1.165) is 24.4 Å². The van der Waals surface area contributed by atoms with Crippen LogP contribution in [0.15, 0.2) is 48.5 Å². The van der Waals surface area contributed by atoms with E-state index in [1.807, 2.05) is 18.2 Å². The zero-order chi connectivity index (χ0) is 29.5. The Kier molecular flexibility index (Phi) is 7.62. The van der Waals surface area contributed by atoms with Gasteiger partial charge < -0.3 is 19.0 Å². The number of ether oxygens (including phenoxy) is 1. The lowest BCUT2D eigenvalue weighted by Crippen LogP contribution is -2.41. The Morgan fingerprint density at radius 1 is 1.07 bits per heavy atom. The topological polar surface area (TPSA) is 106 Å². The van der Waals surface area contributed by atoms with Gasteiger partial charge in [0.2, 0.25) is 5.95 Å². The van der Waals surface area contributed by atoms with E-state index in [9.17, 15) is 4.79 Å². The molecule has 1 unspecified atom stereocenters. The molecule has 43 heavy (non-hydrogen) atoms. The number of carbonyl (C=O) groups excluding carboxylic acids is 1. The van der Waals surface area contributed by atoms with Gasteiger partial charge in [-0.15, -0.1) is 5.48 Å². The lowest BCUT2D eigenvalue weighted by Gasteiger charge is -2.37. The van der Waals surface area contributed by atoms with Crippen LogP contribution in [-0.4, -0.2) is 45.4 Å². The van der Waals surface area contributed by atoms with Crippen LogP contribution in [0.2, 0.25) is 5.02 Å². The number of nitrogens with zero attached hydrogens (tertiary/aromatic N) is 5. The van der Waals surface area contributed by atoms with Crippen LogP contribution in [0.25, 0.3) is 22.4 Å². The summed E-state index contributed by atoms with van der Waals surface area (Å²) in [4.78, 5) is 33.8. The van der Waals surface area contributed by atoms with Gasteiger partial charge in [-0.3, -0.25) is 5.32 Å². The largest absolute Gasteiger partial charge is 0.427 e. The van der Waals surface area contributed by atoms with Crippen molar-refractivity contribution in [3.05, 3.63) is 70.8 Å². The second-order valence-electron chi connectivity index (χ2n) is 11.7. The SMILES string of the molecule is CC1CCC(Cn2c(N3CCOC[C@H]3c3ccccc3)nc3nc(C4NOC(=O)N4)nc(-c4cc(Cl)ccc4F)c32)CC1. The van der Waals surface area contributed by atoms with Gasteiger partial charge in [0.05, 0.1) is 19.3 Å². The highest BCUT2D eigenvalue weighted by Gasteiger charge is 2.34. The minimum absolute atomic E-state index is 0.0696. The molecule has 3 fully saturated rings. The standard InChI is InChI=1S/C31H33ClFN7O3/c1-18-7-9-19(10-8-18)16-40-26-25(22-15-21(32)11-12-23(22)33)34-28(29-37-31(41)43-38-29)35-27(26)36-30(40)39-13-14-42-17-24(39)20-5-3-2-4-6-20/h2-6,11-12,15,18-19,24,29,38H,7-10,13-14,16-17H2,1H3,(H,37,41)/t18?,19?,24-,29?/m0/s1. The van der Waals surface area contributed by atoms with E-state index >= 15 is 4.39 Å². The van der Waals surface area contributed by atoms with Crippen molar-refractivity contribution in [2.45, 2.75) is 51.4 Å². The number of imidazole rings is 1. The van der Waals surface area contributed by atoms with Crippen LogP contribution in [0.1, 0.15) is 56.2 Å². The predicted octanol–water partition coefficient (Wildman–Crippen LogP) is 5.93. The molecule has 10 nitrogen and oxygen atoms in total. The summed E-state index contributed by atoms with van der Waals surface area (Å²) in [5.41, 5.74) is 5.35. The van der Waals surface area contributed by atoms with Gasteiger partial charge in [-0.25, -0.2) is 19.2 Å². The number of hydroxylamine groups is 1. The van der Waals surface area contributed by atoms with Crippen LogP contribution < -0.4 is 15.7 Å². The Balaban J connectivity index is 1.44. The molecule has 0 bridgehead atoms. The fraction of sp³-hybridized carbons (Fsp3) is 0.419. The van der Waals surface area contributed by atoms with Crippen LogP contribution in [0.3, 0.4) is 0 Å². The third-order valence-electron chi connectivity index (χ3n) is 8.72. The van der Waals surface area contributed by atoms with Gasteiger partial charge in [0.1, 0.15) is 17.0 Å². The van der Waals surface area contributed by atoms with E-state index in [4.69, 9.17) is 36.1 Å². The molecule has 1 saturated carbocycles. The summed E-state index contributed by atoms with van der Waals surface area (Å²) < 4.78 is 23.7. The monoisotopic (exact) mass is 605 g/mol. The van der Waals surface area contributed by atoms with Gasteiger partial charge >= 0.3 is 6.09 Å². The first-order chi connectivity index (χ1) is 20.9. The van der Waals surface area contributed by atoms with Crippen molar-refractivity contribution >= 4 is 34.8 Å². The van der Waals surface area contributed by atoms with Crippen molar-refractivity contribution < 1.29 is 18.8 Å². The fourth-order valence-corrected chi connectivity index (χ4v) is 6.57. The van der Waals surface area contributed by atoms with E-state index in [1.165, 1.54) is 25.0 Å². The Hall–Kier alpha value is -3.80. The highest BCUT2D eigenvalue weighted by atomic mass is 35.5. The predicted molar refractivity (Wildman–Crippen MR) is 160 cm³/mol. The van der Waals surface area contributed by atoms with E-state index in [2.05, 4.69) is 39.3 Å². The van der Waals surface area contributed by atoms with E-state index in [1.54, 1.807) is 6.07 Å². The van der Waals surface area contributed by atoms with Crippen molar-refractivity contribution in [2.24, 2.45) is 11.8 Å². The number of hydrogen-bond acceptors (Lipinski definition) is 8. The number of amides is 1. The lowest BCUT2D eigenvalue weighted by atomic mass is 9.83. The van der Waals surface area contributed by atoms with E-state index in [0.29, 0.717) is 60.0 Å². The summed E-state index contributed by atoms with van der Waals surface area (Å²) in [5.74, 6) is 1.60. The third-order valence-corrected chi connectivity index (χ3v) is 8.95. The summed E-state index contributed by atoms with van der Waals surface area (Å²) in [5, 5.41) is 3.02. The average molecular weight is 606 g/mol. The minimum atomic E-state index is -0.827. The van der Waals surface area contributed by atoms with Crippen LogP contribution in [0.4, 0.5) is 15.1 Å². The minimum Gasteiger partial charge on any atom is -0.377 e. The number of morpholine rings is 1. The average Bonchev–Trinajstić information content (AvgIpc) is 3.63. The number of halogens is 2. The van der Waals surface area contributed by atoms with Crippen LogP contribution in [0.5, 0.6) is 0 Å². The van der Waals surface area contributed by atoms with Gasteiger partial charge in [-0.2, -0.15) is 4.98 Å². The summed E-state index contributed by atoms with van der Waals surface area (Å²) in [6.07, 6.45) is 3.05. The molecule has 2 N–H and O–H groups in total. The zero-order valence-electron chi connectivity index (χ0n) is 23.8. The van der Waals surface area contributed by atoms with Crippen molar-refractivity contribution in [3.63, 3.8) is 0 Å². The van der Waals surface area contributed by atoms with Gasteiger partial charge in [-0.05, 0) is 48.4 Å². The van der Waals surface area contributed by atoms with Gasteiger partial charge in [0.15, 0.2) is 17.6 Å². The maximum atomic E-state index is 15.5. The lowest BCUT2D eigenvalue weighted by molar-refractivity contribution is 0.0927. The molecule has 4 heterocycles. The molecule has 7 rings (SSSR count). The van der Waals surface area contributed by atoms with Crippen LogP contribution >= 0.6 is 11.6 Å². The molecule has 0 spiro atoms. The number of fused-ring (bicyclic) bond motifs is 1. The van der Waals surface area contributed by atoms with Crippen LogP contribution in [-0.2, 0) is 16.1 Å². The van der Waals surface area contributed by atoms with Gasteiger partial charge in [-0.1, -0.05) is 61.7 Å². The number of nitrogens with one attached hydrogen (secondary N) is 2. The molecule has 224 valence electrons. The summed E-state index contributed by atoms with van der Waals surface area (Å²) in [6, 6.07) is 14.6. The number of benzene rings is 2. The van der Waals surface area contributed by atoms with Crippen molar-refractivity contribution in [1.29, 1.82) is 0 Å². The second kappa shape index (κ2) is 11.7. The maximum Gasteiger partial charge on any atom is 0.427 e. The third kappa shape index (κ3) is 5.52. The van der Waals surface area contributed by atoms with E-state index in [-0.39, 0.29) is 17.4 Å². The fourth-order valence-electron chi connectivity index (χ4n) is 6.40. The summed E-state index contributed by atoms with van der Waals surface area (Å²) in [7, 11) is 0. The molecule has 12 heteroatoms. The second-order valence-corrected chi connectivity index (χ2v) is 12.1. The quantitative estimate of drug-likeness (QED) is 0.278. The Morgan fingerprint density at radius 2 is 1.88 bits per heavy atom. The number of anilines is 1. The number of hydrogen-bond donors (Lipinski definition) is 2. The molecule has 2 atom stereocenters.